The zero-order valence-electron chi connectivity index (χ0n) is 17.1. The van der Waals surface area contributed by atoms with E-state index in [1.165, 1.54) is 11.1 Å². The molecule has 0 aromatic heterocycles. The van der Waals surface area contributed by atoms with Crippen LogP contribution in [0.5, 0.6) is 17.2 Å². The highest BCUT2D eigenvalue weighted by Gasteiger charge is 2.18. The minimum Gasteiger partial charge on any atom is -0.493 e. The highest BCUT2D eigenvalue weighted by molar-refractivity contribution is 5.53. The Bertz CT molecular complexity index is 744. The fraction of sp³-hybridized carbons (Fsp3) is 0.391. The summed E-state index contributed by atoms with van der Waals surface area (Å²) in [6.07, 6.45) is 4.45. The summed E-state index contributed by atoms with van der Waals surface area (Å²) in [6, 6.07) is 14.5. The van der Waals surface area contributed by atoms with Gasteiger partial charge < -0.3 is 14.2 Å². The molecule has 0 radical (unpaired) electrons. The summed E-state index contributed by atoms with van der Waals surface area (Å²) in [5, 5.41) is 0. The van der Waals surface area contributed by atoms with Gasteiger partial charge in [-0.2, -0.15) is 0 Å². The molecule has 0 atom stereocenters. The first kappa shape index (κ1) is 20.2. The van der Waals surface area contributed by atoms with Crippen molar-refractivity contribution in [3.05, 3.63) is 59.7 Å². The largest absolute Gasteiger partial charge is 0.493 e. The van der Waals surface area contributed by atoms with Gasteiger partial charge in [0, 0.05) is 39.3 Å². The average Bonchev–Trinajstić information content (AvgIpc) is 2.75. The number of benzene rings is 2. The minimum absolute atomic E-state index is 0.642. The van der Waals surface area contributed by atoms with E-state index in [0.717, 1.165) is 39.3 Å². The Hall–Kier alpha value is -2.50. The van der Waals surface area contributed by atoms with Gasteiger partial charge in [0.2, 0.25) is 5.75 Å². The summed E-state index contributed by atoms with van der Waals surface area (Å²) in [5.74, 6) is 2.06. The predicted octanol–water partition coefficient (Wildman–Crippen LogP) is 3.54. The van der Waals surface area contributed by atoms with Crippen LogP contribution in [0.3, 0.4) is 0 Å². The molecule has 1 heterocycles. The summed E-state index contributed by atoms with van der Waals surface area (Å²) < 4.78 is 16.3. The van der Waals surface area contributed by atoms with Gasteiger partial charge in [-0.3, -0.25) is 9.80 Å². The van der Waals surface area contributed by atoms with E-state index in [2.05, 4.69) is 46.2 Å². The standard InChI is InChI=1S/C23H30N2O3/c1-26-21-16-20(17-22(27-2)23(21)28-3)18-25-14-12-24(13-15-25)11-7-10-19-8-5-4-6-9-19/h4-10,16-17H,11-15,18H2,1-3H3. The lowest BCUT2D eigenvalue weighted by molar-refractivity contribution is 0.137. The van der Waals surface area contributed by atoms with E-state index in [1.54, 1.807) is 21.3 Å². The third-order valence-electron chi connectivity index (χ3n) is 5.07. The maximum atomic E-state index is 5.47. The van der Waals surface area contributed by atoms with Crippen molar-refractivity contribution in [1.29, 1.82) is 0 Å². The summed E-state index contributed by atoms with van der Waals surface area (Å²) in [4.78, 5) is 4.96. The molecule has 0 spiro atoms. The van der Waals surface area contributed by atoms with Crippen LogP contribution in [0.2, 0.25) is 0 Å². The normalized spacial score (nSPS) is 15.7. The van der Waals surface area contributed by atoms with Gasteiger partial charge in [0.05, 0.1) is 21.3 Å². The molecule has 1 aliphatic heterocycles. The SMILES string of the molecule is COc1cc(CN2CCN(CC=Cc3ccccc3)CC2)cc(OC)c1OC. The molecule has 28 heavy (non-hydrogen) atoms. The Kier molecular flexibility index (Phi) is 7.34. The molecule has 2 aromatic carbocycles. The van der Waals surface area contributed by atoms with Gasteiger partial charge in [0.25, 0.3) is 0 Å². The third-order valence-corrected chi connectivity index (χ3v) is 5.07. The molecule has 0 saturated carbocycles. The molecule has 0 bridgehead atoms. The maximum Gasteiger partial charge on any atom is 0.203 e. The molecule has 3 rings (SSSR count). The Balaban J connectivity index is 1.52. The van der Waals surface area contributed by atoms with Gasteiger partial charge in [-0.25, -0.2) is 0 Å². The first-order valence-electron chi connectivity index (χ1n) is 9.68. The Labute approximate surface area is 168 Å². The van der Waals surface area contributed by atoms with Gasteiger partial charge in [0.1, 0.15) is 0 Å². The van der Waals surface area contributed by atoms with Crippen LogP contribution in [-0.2, 0) is 6.54 Å². The molecule has 5 nitrogen and oxygen atoms in total. The lowest BCUT2D eigenvalue weighted by atomic mass is 10.1. The van der Waals surface area contributed by atoms with E-state index >= 15 is 0 Å². The van der Waals surface area contributed by atoms with Crippen molar-refractivity contribution < 1.29 is 14.2 Å². The molecule has 150 valence electrons. The maximum absolute atomic E-state index is 5.47. The number of nitrogens with zero attached hydrogens (tertiary/aromatic N) is 2. The monoisotopic (exact) mass is 382 g/mol. The van der Waals surface area contributed by atoms with E-state index in [1.807, 2.05) is 18.2 Å². The Morgan fingerprint density at radius 2 is 1.43 bits per heavy atom. The van der Waals surface area contributed by atoms with Crippen LogP contribution >= 0.6 is 0 Å². The van der Waals surface area contributed by atoms with Crippen LogP contribution in [0.15, 0.2) is 48.5 Å². The summed E-state index contributed by atoms with van der Waals surface area (Å²) >= 11 is 0. The fourth-order valence-electron chi connectivity index (χ4n) is 3.52. The molecule has 5 heteroatoms. The van der Waals surface area contributed by atoms with Gasteiger partial charge in [-0.05, 0) is 23.3 Å². The van der Waals surface area contributed by atoms with Crippen LogP contribution in [0.4, 0.5) is 0 Å². The van der Waals surface area contributed by atoms with E-state index in [-0.39, 0.29) is 0 Å². The van der Waals surface area contributed by atoms with Crippen molar-refractivity contribution in [2.24, 2.45) is 0 Å². The molecule has 0 aliphatic carbocycles. The molecule has 0 amide bonds. The lowest BCUT2D eigenvalue weighted by Gasteiger charge is -2.34. The zero-order valence-corrected chi connectivity index (χ0v) is 17.1. The second-order valence-electron chi connectivity index (χ2n) is 6.92. The molecular weight excluding hydrogens is 352 g/mol. The van der Waals surface area contributed by atoms with Crippen molar-refractivity contribution in [1.82, 2.24) is 9.80 Å². The second kappa shape index (κ2) is 10.2. The van der Waals surface area contributed by atoms with Crippen molar-refractivity contribution in [2.75, 3.05) is 54.1 Å². The third kappa shape index (κ3) is 5.27. The second-order valence-corrected chi connectivity index (χ2v) is 6.92. The number of rotatable bonds is 8. The van der Waals surface area contributed by atoms with Gasteiger partial charge >= 0.3 is 0 Å². The topological polar surface area (TPSA) is 34.2 Å². The zero-order chi connectivity index (χ0) is 19.8. The number of ether oxygens (including phenoxy) is 3. The summed E-state index contributed by atoms with van der Waals surface area (Å²) in [5.41, 5.74) is 2.43. The predicted molar refractivity (Wildman–Crippen MR) is 113 cm³/mol. The van der Waals surface area contributed by atoms with Crippen LogP contribution in [0.25, 0.3) is 6.08 Å². The summed E-state index contributed by atoms with van der Waals surface area (Å²) in [6.45, 7) is 6.12. The fourth-order valence-corrected chi connectivity index (χ4v) is 3.52. The van der Waals surface area contributed by atoms with E-state index < -0.39 is 0 Å². The van der Waals surface area contributed by atoms with E-state index in [0.29, 0.717) is 17.2 Å². The molecule has 1 aliphatic rings. The quantitative estimate of drug-likeness (QED) is 0.698. The minimum atomic E-state index is 0.642. The van der Waals surface area contributed by atoms with Crippen molar-refractivity contribution in [3.8, 4) is 17.2 Å². The molecular formula is C23H30N2O3. The van der Waals surface area contributed by atoms with Gasteiger partial charge in [-0.15, -0.1) is 0 Å². The van der Waals surface area contributed by atoms with Crippen LogP contribution in [0.1, 0.15) is 11.1 Å². The molecule has 0 unspecified atom stereocenters. The molecule has 1 saturated heterocycles. The number of methoxy groups -OCH3 is 3. The van der Waals surface area contributed by atoms with Gasteiger partial charge in [-0.1, -0.05) is 42.5 Å². The first-order chi connectivity index (χ1) is 13.7. The highest BCUT2D eigenvalue weighted by atomic mass is 16.5. The van der Waals surface area contributed by atoms with Crippen LogP contribution in [-0.4, -0.2) is 63.9 Å². The summed E-state index contributed by atoms with van der Waals surface area (Å²) in [7, 11) is 4.94. The van der Waals surface area contributed by atoms with Crippen LogP contribution in [0, 0.1) is 0 Å². The number of piperazine rings is 1. The van der Waals surface area contributed by atoms with Crippen molar-refractivity contribution >= 4 is 6.08 Å². The smallest absolute Gasteiger partial charge is 0.203 e. The van der Waals surface area contributed by atoms with Crippen molar-refractivity contribution in [2.45, 2.75) is 6.54 Å². The van der Waals surface area contributed by atoms with E-state index in [9.17, 15) is 0 Å². The lowest BCUT2D eigenvalue weighted by Crippen LogP contribution is -2.45. The molecule has 2 aromatic rings. The van der Waals surface area contributed by atoms with E-state index in [4.69, 9.17) is 14.2 Å². The number of hydrogen-bond donors (Lipinski definition) is 0. The Morgan fingerprint density at radius 3 is 2.00 bits per heavy atom. The first-order valence-corrected chi connectivity index (χ1v) is 9.68. The Morgan fingerprint density at radius 1 is 0.821 bits per heavy atom. The van der Waals surface area contributed by atoms with Crippen LogP contribution < -0.4 is 14.2 Å². The highest BCUT2D eigenvalue weighted by Crippen LogP contribution is 2.38. The average molecular weight is 383 g/mol. The van der Waals surface area contributed by atoms with Crippen molar-refractivity contribution in [3.63, 3.8) is 0 Å². The number of hydrogen-bond acceptors (Lipinski definition) is 5. The molecule has 0 N–H and O–H groups in total. The van der Waals surface area contributed by atoms with Gasteiger partial charge in [0.15, 0.2) is 11.5 Å². The molecule has 1 fully saturated rings.